The number of hydrogen-bond acceptors (Lipinski definition) is 9. The Labute approximate surface area is 173 Å². The molecule has 10 nitrogen and oxygen atoms in total. The van der Waals surface area contributed by atoms with Crippen molar-refractivity contribution in [1.29, 1.82) is 0 Å². The molecule has 0 radical (unpaired) electrons. The van der Waals surface area contributed by atoms with Crippen LogP contribution in [0.3, 0.4) is 0 Å². The summed E-state index contributed by atoms with van der Waals surface area (Å²) < 4.78 is 12.9. The average molecular weight is 406 g/mol. The Bertz CT molecular complexity index is 1110. The fraction of sp³-hybridized carbons (Fsp3) is 0.350. The van der Waals surface area contributed by atoms with Crippen molar-refractivity contribution in [2.45, 2.75) is 6.54 Å². The van der Waals surface area contributed by atoms with E-state index in [0.29, 0.717) is 24.2 Å². The van der Waals surface area contributed by atoms with E-state index in [9.17, 15) is 0 Å². The standard InChI is InChI=1S/C20H22N8O2/c1-26-5-7-27(8-6-26)17-9-15-13(10-21-17)11-22-20-24-19(25-28(15)20)23-14-3-2-4-16-18(14)30-12-29-16/h2-4,9-10H,5-8,11-12H2,1H3,(H2,22,23,24,25). The Morgan fingerprint density at radius 3 is 2.93 bits per heavy atom. The number of ether oxygens (including phenoxy) is 2. The maximum absolute atomic E-state index is 5.57. The number of hydrogen-bond donors (Lipinski definition) is 2. The predicted molar refractivity (Wildman–Crippen MR) is 112 cm³/mol. The molecule has 2 N–H and O–H groups in total. The minimum absolute atomic E-state index is 0.220. The number of aromatic nitrogens is 4. The van der Waals surface area contributed by atoms with Crippen LogP contribution in [0.4, 0.5) is 23.4 Å². The molecular formula is C20H22N8O2. The van der Waals surface area contributed by atoms with Crippen LogP contribution in [0.5, 0.6) is 11.5 Å². The van der Waals surface area contributed by atoms with Gasteiger partial charge < -0.3 is 29.9 Å². The van der Waals surface area contributed by atoms with Gasteiger partial charge in [0.05, 0.1) is 11.4 Å². The SMILES string of the molecule is CN1CCN(c2cc3c(cn2)CNc2nc(Nc4cccc5c4OCO5)nn2-3)CC1. The lowest BCUT2D eigenvalue weighted by molar-refractivity contribution is 0.174. The van der Waals surface area contributed by atoms with Crippen LogP contribution in [-0.4, -0.2) is 64.7 Å². The topological polar surface area (TPSA) is 92.6 Å². The van der Waals surface area contributed by atoms with Gasteiger partial charge in [-0.3, -0.25) is 0 Å². The van der Waals surface area contributed by atoms with Gasteiger partial charge in [0.1, 0.15) is 5.82 Å². The van der Waals surface area contributed by atoms with Gasteiger partial charge in [0.15, 0.2) is 11.5 Å². The van der Waals surface area contributed by atoms with Crippen LogP contribution in [0.2, 0.25) is 0 Å². The van der Waals surface area contributed by atoms with Crippen molar-refractivity contribution in [3.8, 4) is 17.2 Å². The first-order valence-corrected chi connectivity index (χ1v) is 10.0. The smallest absolute Gasteiger partial charge is 0.248 e. The van der Waals surface area contributed by atoms with Crippen LogP contribution in [-0.2, 0) is 6.54 Å². The van der Waals surface area contributed by atoms with E-state index in [1.807, 2.05) is 29.1 Å². The molecule has 30 heavy (non-hydrogen) atoms. The molecule has 6 rings (SSSR count). The number of para-hydroxylation sites is 1. The van der Waals surface area contributed by atoms with E-state index in [1.54, 1.807) is 0 Å². The van der Waals surface area contributed by atoms with Crippen LogP contribution in [0.25, 0.3) is 5.69 Å². The fourth-order valence-corrected chi connectivity index (χ4v) is 3.98. The second kappa shape index (κ2) is 6.77. The first-order chi connectivity index (χ1) is 14.7. The summed E-state index contributed by atoms with van der Waals surface area (Å²) in [7, 11) is 2.15. The first-order valence-electron chi connectivity index (χ1n) is 10.0. The Kier molecular flexibility index (Phi) is 3.91. The molecule has 1 saturated heterocycles. The molecule has 0 atom stereocenters. The molecule has 0 unspecified atom stereocenters. The monoisotopic (exact) mass is 406 g/mol. The summed E-state index contributed by atoms with van der Waals surface area (Å²) in [5.74, 6) is 3.57. The number of benzene rings is 1. The predicted octanol–water partition coefficient (Wildman–Crippen LogP) is 1.81. The summed E-state index contributed by atoms with van der Waals surface area (Å²) in [6.45, 7) is 4.91. The zero-order valence-corrected chi connectivity index (χ0v) is 16.6. The zero-order chi connectivity index (χ0) is 20.1. The number of piperazine rings is 1. The third-order valence-corrected chi connectivity index (χ3v) is 5.69. The van der Waals surface area contributed by atoms with E-state index in [4.69, 9.17) is 14.6 Å². The highest BCUT2D eigenvalue weighted by atomic mass is 16.7. The van der Waals surface area contributed by atoms with Gasteiger partial charge in [-0.1, -0.05) is 6.07 Å². The highest BCUT2D eigenvalue weighted by Gasteiger charge is 2.24. The summed E-state index contributed by atoms with van der Waals surface area (Å²) in [5.41, 5.74) is 2.88. The second-order valence-corrected chi connectivity index (χ2v) is 7.65. The number of nitrogens with one attached hydrogen (secondary N) is 2. The molecule has 3 aliphatic heterocycles. The summed E-state index contributed by atoms with van der Waals surface area (Å²) in [5, 5.41) is 11.3. The van der Waals surface area contributed by atoms with Gasteiger partial charge in [-0.15, -0.1) is 5.10 Å². The Morgan fingerprint density at radius 2 is 2.03 bits per heavy atom. The lowest BCUT2D eigenvalue weighted by Gasteiger charge is -2.33. The lowest BCUT2D eigenvalue weighted by atomic mass is 10.2. The van der Waals surface area contributed by atoms with Crippen molar-refractivity contribution < 1.29 is 9.47 Å². The average Bonchev–Trinajstić information content (AvgIpc) is 3.41. The molecule has 3 aromatic rings. The summed E-state index contributed by atoms with van der Waals surface area (Å²) in [6, 6.07) is 7.82. The molecular weight excluding hydrogens is 384 g/mol. The van der Waals surface area contributed by atoms with E-state index < -0.39 is 0 Å². The highest BCUT2D eigenvalue weighted by Crippen LogP contribution is 2.40. The van der Waals surface area contributed by atoms with E-state index in [2.05, 4.69) is 43.5 Å². The van der Waals surface area contributed by atoms with Crippen LogP contribution in [0, 0.1) is 0 Å². The molecule has 154 valence electrons. The van der Waals surface area contributed by atoms with Gasteiger partial charge in [-0.25, -0.2) is 4.98 Å². The molecule has 0 spiro atoms. The molecule has 1 aromatic carbocycles. The fourth-order valence-electron chi connectivity index (χ4n) is 3.98. The van der Waals surface area contributed by atoms with Gasteiger partial charge in [0.25, 0.3) is 0 Å². The van der Waals surface area contributed by atoms with Gasteiger partial charge in [-0.05, 0) is 19.2 Å². The maximum Gasteiger partial charge on any atom is 0.248 e. The highest BCUT2D eigenvalue weighted by molar-refractivity contribution is 5.69. The van der Waals surface area contributed by atoms with Crippen molar-refractivity contribution in [3.05, 3.63) is 36.0 Å². The first kappa shape index (κ1) is 17.3. The van der Waals surface area contributed by atoms with Gasteiger partial charge in [0.2, 0.25) is 18.7 Å². The van der Waals surface area contributed by atoms with Crippen LogP contribution >= 0.6 is 0 Å². The van der Waals surface area contributed by atoms with Gasteiger partial charge in [0, 0.05) is 50.6 Å². The molecule has 2 aromatic heterocycles. The Hall–Kier alpha value is -3.53. The molecule has 5 heterocycles. The second-order valence-electron chi connectivity index (χ2n) is 7.65. The van der Waals surface area contributed by atoms with Crippen molar-refractivity contribution in [1.82, 2.24) is 24.6 Å². The van der Waals surface area contributed by atoms with Crippen LogP contribution < -0.4 is 25.0 Å². The normalized spacial score (nSPS) is 17.3. The molecule has 0 bridgehead atoms. The van der Waals surface area contributed by atoms with Crippen molar-refractivity contribution in [2.24, 2.45) is 0 Å². The van der Waals surface area contributed by atoms with E-state index in [-0.39, 0.29) is 6.79 Å². The molecule has 10 heteroatoms. The summed E-state index contributed by atoms with van der Waals surface area (Å²) >= 11 is 0. The molecule has 0 amide bonds. The quantitative estimate of drug-likeness (QED) is 0.675. The van der Waals surface area contributed by atoms with Crippen LogP contribution in [0.1, 0.15) is 5.56 Å². The minimum atomic E-state index is 0.220. The van der Waals surface area contributed by atoms with Crippen LogP contribution in [0.15, 0.2) is 30.5 Å². The molecule has 0 saturated carbocycles. The Morgan fingerprint density at radius 1 is 1.13 bits per heavy atom. The van der Waals surface area contributed by atoms with Gasteiger partial charge in [-0.2, -0.15) is 9.67 Å². The number of likely N-dealkylation sites (N-methyl/N-ethyl adjacent to an activating group) is 1. The molecule has 3 aliphatic rings. The summed E-state index contributed by atoms with van der Waals surface area (Å²) in [4.78, 5) is 14.0. The van der Waals surface area contributed by atoms with Crippen molar-refractivity contribution >= 4 is 23.4 Å². The lowest BCUT2D eigenvalue weighted by Crippen LogP contribution is -2.44. The maximum atomic E-state index is 5.57. The summed E-state index contributed by atoms with van der Waals surface area (Å²) in [6.07, 6.45) is 1.93. The number of rotatable bonds is 3. The van der Waals surface area contributed by atoms with E-state index >= 15 is 0 Å². The Balaban J connectivity index is 1.31. The molecule has 0 aliphatic carbocycles. The minimum Gasteiger partial charge on any atom is -0.454 e. The third kappa shape index (κ3) is 2.88. The van der Waals surface area contributed by atoms with Crippen molar-refractivity contribution in [3.63, 3.8) is 0 Å². The number of anilines is 4. The van der Waals surface area contributed by atoms with E-state index in [0.717, 1.165) is 54.7 Å². The third-order valence-electron chi connectivity index (χ3n) is 5.69. The number of fused-ring (bicyclic) bond motifs is 4. The van der Waals surface area contributed by atoms with Gasteiger partial charge >= 0.3 is 0 Å². The largest absolute Gasteiger partial charge is 0.454 e. The molecule has 1 fully saturated rings. The zero-order valence-electron chi connectivity index (χ0n) is 16.6. The van der Waals surface area contributed by atoms with E-state index in [1.165, 1.54) is 0 Å². The number of nitrogens with zero attached hydrogens (tertiary/aromatic N) is 6. The van der Waals surface area contributed by atoms with Crippen molar-refractivity contribution in [2.75, 3.05) is 55.6 Å². The number of pyridine rings is 1.